The van der Waals surface area contributed by atoms with Gasteiger partial charge in [-0.2, -0.15) is 0 Å². The average molecular weight is 450 g/mol. The molecule has 33 heavy (non-hydrogen) atoms. The fraction of sp³-hybridized carbons (Fsp3) is 0.208. The standard InChI is InChI=1S/C24H20F2N4O3/c25-15-3-1-14(2-4-15)22-23(30(13-28-22)16-5-6-17(31)11-16)20-7-8-21(33-20)24(32)29-19-9-10-27-12-18(19)26/h1-4,7-10,12-13,16-17,31H,5-6,11H2,(H,27,29,32)/t16-,17+/m0/s1. The minimum absolute atomic E-state index is 0.00462. The largest absolute Gasteiger partial charge is 0.449 e. The summed E-state index contributed by atoms with van der Waals surface area (Å²) in [6.45, 7) is 0. The number of rotatable bonds is 5. The molecule has 168 valence electrons. The number of halogens is 2. The zero-order chi connectivity index (χ0) is 22.9. The maximum absolute atomic E-state index is 13.9. The van der Waals surface area contributed by atoms with E-state index in [0.29, 0.717) is 35.6 Å². The highest BCUT2D eigenvalue weighted by molar-refractivity contribution is 6.02. The third-order valence-corrected chi connectivity index (χ3v) is 5.77. The number of furan rings is 1. The van der Waals surface area contributed by atoms with Crippen molar-refractivity contribution in [2.24, 2.45) is 0 Å². The second-order valence-corrected chi connectivity index (χ2v) is 7.95. The highest BCUT2D eigenvalue weighted by Gasteiger charge is 2.29. The number of aromatic nitrogens is 3. The van der Waals surface area contributed by atoms with E-state index in [1.54, 1.807) is 24.5 Å². The number of carbonyl (C=O) groups is 1. The van der Waals surface area contributed by atoms with Crippen molar-refractivity contribution in [1.82, 2.24) is 14.5 Å². The van der Waals surface area contributed by atoms with Crippen LogP contribution in [0.1, 0.15) is 35.9 Å². The number of aliphatic hydroxyl groups is 1. The lowest BCUT2D eigenvalue weighted by atomic mass is 10.1. The third-order valence-electron chi connectivity index (χ3n) is 5.77. The molecule has 2 atom stereocenters. The monoisotopic (exact) mass is 450 g/mol. The van der Waals surface area contributed by atoms with E-state index in [1.807, 2.05) is 4.57 Å². The maximum atomic E-state index is 13.9. The molecule has 0 bridgehead atoms. The van der Waals surface area contributed by atoms with Gasteiger partial charge >= 0.3 is 0 Å². The highest BCUT2D eigenvalue weighted by Crippen LogP contribution is 2.39. The first kappa shape index (κ1) is 21.0. The van der Waals surface area contributed by atoms with Crippen molar-refractivity contribution in [1.29, 1.82) is 0 Å². The molecule has 1 amide bonds. The number of amides is 1. The first-order valence-corrected chi connectivity index (χ1v) is 10.5. The van der Waals surface area contributed by atoms with Gasteiger partial charge in [0.2, 0.25) is 0 Å². The van der Waals surface area contributed by atoms with Gasteiger partial charge in [-0.1, -0.05) is 0 Å². The molecular formula is C24H20F2N4O3. The average Bonchev–Trinajstić information content (AvgIpc) is 3.54. The number of pyridine rings is 1. The molecule has 0 radical (unpaired) electrons. The summed E-state index contributed by atoms with van der Waals surface area (Å²) < 4.78 is 35.1. The van der Waals surface area contributed by atoms with Gasteiger partial charge in [-0.25, -0.2) is 13.8 Å². The van der Waals surface area contributed by atoms with Gasteiger partial charge < -0.3 is 19.4 Å². The van der Waals surface area contributed by atoms with Crippen LogP contribution in [0.3, 0.4) is 0 Å². The van der Waals surface area contributed by atoms with Crippen LogP contribution in [0.4, 0.5) is 14.5 Å². The lowest BCUT2D eigenvalue weighted by Gasteiger charge is -2.15. The fourth-order valence-electron chi connectivity index (χ4n) is 4.14. The van der Waals surface area contributed by atoms with Crippen LogP contribution < -0.4 is 5.32 Å². The molecule has 0 spiro atoms. The lowest BCUT2D eigenvalue weighted by Crippen LogP contribution is -2.12. The van der Waals surface area contributed by atoms with E-state index in [9.17, 15) is 18.7 Å². The van der Waals surface area contributed by atoms with Crippen molar-refractivity contribution < 1.29 is 23.1 Å². The Bertz CT molecular complexity index is 1300. The molecule has 3 aromatic heterocycles. The molecule has 7 nitrogen and oxygen atoms in total. The number of aliphatic hydroxyl groups excluding tert-OH is 1. The van der Waals surface area contributed by atoms with Crippen molar-refractivity contribution in [3.05, 3.63) is 78.6 Å². The molecule has 1 saturated carbocycles. The quantitative estimate of drug-likeness (QED) is 0.455. The van der Waals surface area contributed by atoms with Gasteiger partial charge in [0, 0.05) is 17.8 Å². The summed E-state index contributed by atoms with van der Waals surface area (Å²) in [5.41, 5.74) is 1.86. The van der Waals surface area contributed by atoms with Crippen molar-refractivity contribution in [2.75, 3.05) is 5.32 Å². The number of anilines is 1. The summed E-state index contributed by atoms with van der Waals surface area (Å²) in [7, 11) is 0. The minimum Gasteiger partial charge on any atom is -0.449 e. The molecule has 2 N–H and O–H groups in total. The van der Waals surface area contributed by atoms with Crippen LogP contribution >= 0.6 is 0 Å². The van der Waals surface area contributed by atoms with Crippen LogP contribution in [0.25, 0.3) is 22.7 Å². The predicted molar refractivity (Wildman–Crippen MR) is 116 cm³/mol. The molecular weight excluding hydrogens is 430 g/mol. The molecule has 0 unspecified atom stereocenters. The first-order valence-electron chi connectivity index (χ1n) is 10.5. The summed E-state index contributed by atoms with van der Waals surface area (Å²) >= 11 is 0. The van der Waals surface area contributed by atoms with Crippen LogP contribution in [0.2, 0.25) is 0 Å². The van der Waals surface area contributed by atoms with Crippen molar-refractivity contribution in [3.8, 4) is 22.7 Å². The van der Waals surface area contributed by atoms with E-state index < -0.39 is 17.8 Å². The number of hydrogen-bond donors (Lipinski definition) is 2. The smallest absolute Gasteiger partial charge is 0.291 e. The molecule has 4 aromatic rings. The van der Waals surface area contributed by atoms with Crippen LogP contribution in [0, 0.1) is 11.6 Å². The van der Waals surface area contributed by atoms with Crippen LogP contribution in [-0.4, -0.2) is 31.7 Å². The molecule has 1 aromatic carbocycles. The van der Waals surface area contributed by atoms with E-state index in [0.717, 1.165) is 12.6 Å². The Balaban J connectivity index is 1.52. The SMILES string of the molecule is O=C(Nc1ccncc1F)c1ccc(-c2c(-c3ccc(F)cc3)ncn2[C@H]2CC[C@@H](O)C2)o1. The van der Waals surface area contributed by atoms with Gasteiger partial charge in [-0.3, -0.25) is 9.78 Å². The van der Waals surface area contributed by atoms with Gasteiger partial charge in [0.1, 0.15) is 11.5 Å². The van der Waals surface area contributed by atoms with Crippen LogP contribution in [-0.2, 0) is 0 Å². The molecule has 1 aliphatic rings. The molecule has 1 aliphatic carbocycles. The second kappa shape index (κ2) is 8.59. The number of hydrogen-bond acceptors (Lipinski definition) is 5. The summed E-state index contributed by atoms with van der Waals surface area (Å²) in [4.78, 5) is 20.8. The normalized spacial score (nSPS) is 17.9. The fourth-order valence-corrected chi connectivity index (χ4v) is 4.14. The van der Waals surface area contributed by atoms with Crippen molar-refractivity contribution >= 4 is 11.6 Å². The van der Waals surface area contributed by atoms with Gasteiger partial charge in [0.05, 0.1) is 30.0 Å². The summed E-state index contributed by atoms with van der Waals surface area (Å²) in [5.74, 6) is -1.26. The Morgan fingerprint density at radius 2 is 1.94 bits per heavy atom. The Labute approximate surface area is 187 Å². The maximum Gasteiger partial charge on any atom is 0.291 e. The van der Waals surface area contributed by atoms with Gasteiger partial charge in [0.15, 0.2) is 17.3 Å². The molecule has 5 rings (SSSR count). The third kappa shape index (κ3) is 4.14. The summed E-state index contributed by atoms with van der Waals surface area (Å²) in [5, 5.41) is 12.5. The molecule has 0 saturated heterocycles. The molecule has 0 aliphatic heterocycles. The summed E-state index contributed by atoms with van der Waals surface area (Å²) in [6.07, 6.45) is 5.67. The first-order chi connectivity index (χ1) is 16.0. The molecule has 3 heterocycles. The topological polar surface area (TPSA) is 93.2 Å². The van der Waals surface area contributed by atoms with Crippen molar-refractivity contribution in [2.45, 2.75) is 31.4 Å². The number of carbonyl (C=O) groups excluding carboxylic acids is 1. The zero-order valence-corrected chi connectivity index (χ0v) is 17.4. The summed E-state index contributed by atoms with van der Waals surface area (Å²) in [6, 6.07) is 10.4. The Kier molecular flexibility index (Phi) is 5.47. The number of benzene rings is 1. The highest BCUT2D eigenvalue weighted by atomic mass is 19.1. The minimum atomic E-state index is -0.658. The Hall–Kier alpha value is -3.85. The number of nitrogens with zero attached hydrogens (tertiary/aromatic N) is 3. The predicted octanol–water partition coefficient (Wildman–Crippen LogP) is 4.82. The Morgan fingerprint density at radius 3 is 2.67 bits per heavy atom. The van der Waals surface area contributed by atoms with Crippen LogP contribution in [0.5, 0.6) is 0 Å². The molecule has 1 fully saturated rings. The van der Waals surface area contributed by atoms with E-state index in [4.69, 9.17) is 4.42 Å². The van der Waals surface area contributed by atoms with E-state index in [-0.39, 0.29) is 23.3 Å². The number of imidazole rings is 1. The molecule has 9 heteroatoms. The van der Waals surface area contributed by atoms with Gasteiger partial charge in [0.25, 0.3) is 5.91 Å². The lowest BCUT2D eigenvalue weighted by molar-refractivity contribution is 0.0997. The van der Waals surface area contributed by atoms with Crippen LogP contribution in [0.15, 0.2) is 65.6 Å². The van der Waals surface area contributed by atoms with Gasteiger partial charge in [-0.05, 0) is 61.7 Å². The van der Waals surface area contributed by atoms with E-state index in [2.05, 4.69) is 15.3 Å². The zero-order valence-electron chi connectivity index (χ0n) is 17.4. The van der Waals surface area contributed by atoms with Gasteiger partial charge in [-0.15, -0.1) is 0 Å². The van der Waals surface area contributed by atoms with E-state index >= 15 is 0 Å². The Morgan fingerprint density at radius 1 is 1.12 bits per heavy atom. The van der Waals surface area contributed by atoms with Crippen molar-refractivity contribution in [3.63, 3.8) is 0 Å². The van der Waals surface area contributed by atoms with E-state index in [1.165, 1.54) is 30.5 Å². The number of nitrogens with one attached hydrogen (secondary N) is 1. The second-order valence-electron chi connectivity index (χ2n) is 7.95.